The molecular formula is C11H16BrN3O2S. The molecule has 1 aromatic carbocycles. The molecule has 100 valence electrons. The van der Waals surface area contributed by atoms with E-state index in [2.05, 4.69) is 15.9 Å². The molecule has 0 atom stereocenters. The second-order valence-corrected chi connectivity index (χ2v) is 7.25. The molecule has 0 unspecified atom stereocenters. The van der Waals surface area contributed by atoms with Crippen LogP contribution >= 0.6 is 15.9 Å². The minimum atomic E-state index is -2.97. The van der Waals surface area contributed by atoms with Gasteiger partial charge in [0.25, 0.3) is 0 Å². The van der Waals surface area contributed by atoms with E-state index in [9.17, 15) is 8.42 Å². The average Bonchev–Trinajstić information content (AvgIpc) is 2.24. The van der Waals surface area contributed by atoms with Gasteiger partial charge in [-0.3, -0.25) is 5.41 Å². The molecule has 5 nitrogen and oxygen atoms in total. The number of nitrogens with zero attached hydrogens (tertiary/aromatic N) is 1. The quantitative estimate of drug-likeness (QED) is 0.626. The van der Waals surface area contributed by atoms with Crippen molar-refractivity contribution in [2.45, 2.75) is 0 Å². The van der Waals surface area contributed by atoms with Crippen molar-refractivity contribution in [2.75, 3.05) is 30.5 Å². The number of sulfone groups is 1. The van der Waals surface area contributed by atoms with Crippen LogP contribution in [0.5, 0.6) is 0 Å². The Balaban J connectivity index is 2.87. The second kappa shape index (κ2) is 5.71. The number of rotatable bonds is 5. The highest BCUT2D eigenvalue weighted by molar-refractivity contribution is 9.10. The molecule has 7 heteroatoms. The first-order valence-corrected chi connectivity index (χ1v) is 8.09. The van der Waals surface area contributed by atoms with E-state index in [-0.39, 0.29) is 11.6 Å². The van der Waals surface area contributed by atoms with Gasteiger partial charge in [0.2, 0.25) is 0 Å². The number of nitrogen functional groups attached to an aromatic ring is 1. The zero-order valence-corrected chi connectivity index (χ0v) is 12.7. The highest BCUT2D eigenvalue weighted by atomic mass is 79.9. The summed E-state index contributed by atoms with van der Waals surface area (Å²) in [5, 5.41) is 7.34. The Bertz CT molecular complexity index is 557. The molecule has 0 fully saturated rings. The van der Waals surface area contributed by atoms with Gasteiger partial charge in [-0.2, -0.15) is 0 Å². The molecule has 0 aliphatic heterocycles. The lowest BCUT2D eigenvalue weighted by molar-refractivity contribution is 0.601. The Labute approximate surface area is 116 Å². The second-order valence-electron chi connectivity index (χ2n) is 4.13. The highest BCUT2D eigenvalue weighted by Gasteiger charge is 2.10. The maximum absolute atomic E-state index is 11.1. The van der Waals surface area contributed by atoms with Gasteiger partial charge in [-0.1, -0.05) is 0 Å². The molecule has 0 aliphatic carbocycles. The summed E-state index contributed by atoms with van der Waals surface area (Å²) in [6.45, 7) is 0.414. The van der Waals surface area contributed by atoms with Crippen molar-refractivity contribution < 1.29 is 8.42 Å². The van der Waals surface area contributed by atoms with Crippen molar-refractivity contribution in [3.05, 3.63) is 28.2 Å². The monoisotopic (exact) mass is 333 g/mol. The van der Waals surface area contributed by atoms with Crippen molar-refractivity contribution in [2.24, 2.45) is 5.73 Å². The lowest BCUT2D eigenvalue weighted by Gasteiger charge is -2.20. The molecular weight excluding hydrogens is 318 g/mol. The van der Waals surface area contributed by atoms with Gasteiger partial charge < -0.3 is 10.6 Å². The summed E-state index contributed by atoms with van der Waals surface area (Å²) in [7, 11) is -1.15. The molecule has 3 N–H and O–H groups in total. The molecule has 0 bridgehead atoms. The predicted octanol–water partition coefficient (Wildman–Crippen LogP) is 1.21. The van der Waals surface area contributed by atoms with Gasteiger partial charge in [-0.25, -0.2) is 8.42 Å². The summed E-state index contributed by atoms with van der Waals surface area (Å²) < 4.78 is 23.0. The number of nitrogens with two attached hydrogens (primary N) is 1. The zero-order valence-electron chi connectivity index (χ0n) is 10.3. The van der Waals surface area contributed by atoms with Crippen molar-refractivity contribution in [1.82, 2.24) is 0 Å². The summed E-state index contributed by atoms with van der Waals surface area (Å²) in [6, 6.07) is 5.29. The standard InChI is InChI=1S/C11H16BrN3O2S/c1-15(5-6-18(2,16)17)10-4-3-8(11(13)14)7-9(10)12/h3-4,7H,5-6H2,1-2H3,(H3,13,14). The minimum absolute atomic E-state index is 0.000962. The Hall–Kier alpha value is -1.08. The van der Waals surface area contributed by atoms with Gasteiger partial charge in [0.1, 0.15) is 15.7 Å². The van der Waals surface area contributed by atoms with Crippen LogP contribution in [0.2, 0.25) is 0 Å². The summed E-state index contributed by atoms with van der Waals surface area (Å²) in [4.78, 5) is 1.84. The fourth-order valence-corrected chi connectivity index (χ4v) is 2.69. The minimum Gasteiger partial charge on any atom is -0.384 e. The molecule has 1 aromatic rings. The van der Waals surface area contributed by atoms with Crippen LogP contribution in [0.25, 0.3) is 0 Å². The molecule has 18 heavy (non-hydrogen) atoms. The third-order valence-electron chi connectivity index (χ3n) is 2.47. The smallest absolute Gasteiger partial charge is 0.149 e. The fourth-order valence-electron chi connectivity index (χ4n) is 1.41. The van der Waals surface area contributed by atoms with E-state index in [0.29, 0.717) is 12.1 Å². The lowest BCUT2D eigenvalue weighted by Crippen LogP contribution is -2.25. The number of anilines is 1. The fraction of sp³-hybridized carbons (Fsp3) is 0.364. The number of nitrogens with one attached hydrogen (secondary N) is 1. The number of hydrogen-bond donors (Lipinski definition) is 2. The van der Waals surface area contributed by atoms with E-state index >= 15 is 0 Å². The molecule has 0 aromatic heterocycles. The molecule has 0 heterocycles. The van der Waals surface area contributed by atoms with Crippen LogP contribution in [0.1, 0.15) is 5.56 Å². The van der Waals surface area contributed by atoms with E-state index in [1.54, 1.807) is 12.1 Å². The van der Waals surface area contributed by atoms with Gasteiger partial charge >= 0.3 is 0 Å². The lowest BCUT2D eigenvalue weighted by atomic mass is 10.2. The zero-order chi connectivity index (χ0) is 13.9. The van der Waals surface area contributed by atoms with Crippen LogP contribution in [0.3, 0.4) is 0 Å². The van der Waals surface area contributed by atoms with E-state index in [4.69, 9.17) is 11.1 Å². The van der Waals surface area contributed by atoms with Crippen LogP contribution in [-0.4, -0.2) is 39.9 Å². The van der Waals surface area contributed by atoms with Gasteiger partial charge in [-0.15, -0.1) is 0 Å². The molecule has 0 radical (unpaired) electrons. The number of benzene rings is 1. The maximum atomic E-state index is 11.1. The maximum Gasteiger partial charge on any atom is 0.149 e. The Morgan fingerprint density at radius 3 is 2.56 bits per heavy atom. The molecule has 0 aliphatic rings. The largest absolute Gasteiger partial charge is 0.384 e. The van der Waals surface area contributed by atoms with Crippen molar-refractivity contribution >= 4 is 37.3 Å². The highest BCUT2D eigenvalue weighted by Crippen LogP contribution is 2.26. The third-order valence-corrected chi connectivity index (χ3v) is 4.03. The van der Waals surface area contributed by atoms with Crippen molar-refractivity contribution in [3.8, 4) is 0 Å². The van der Waals surface area contributed by atoms with Crippen LogP contribution < -0.4 is 10.6 Å². The van der Waals surface area contributed by atoms with Crippen LogP contribution in [0.4, 0.5) is 5.69 Å². The van der Waals surface area contributed by atoms with Crippen molar-refractivity contribution in [1.29, 1.82) is 5.41 Å². The normalized spacial score (nSPS) is 11.3. The van der Waals surface area contributed by atoms with E-state index in [0.717, 1.165) is 10.2 Å². The SMILES string of the molecule is CN(CCS(C)(=O)=O)c1ccc(C(=N)N)cc1Br. The average molecular weight is 334 g/mol. The number of halogens is 1. The number of hydrogen-bond acceptors (Lipinski definition) is 4. The Kier molecular flexibility index (Phi) is 4.75. The topological polar surface area (TPSA) is 87.2 Å². The first-order valence-electron chi connectivity index (χ1n) is 5.23. The van der Waals surface area contributed by atoms with Crippen LogP contribution in [0.15, 0.2) is 22.7 Å². The summed E-state index contributed by atoms with van der Waals surface area (Å²) in [5.41, 5.74) is 6.89. The van der Waals surface area contributed by atoms with Crippen LogP contribution in [-0.2, 0) is 9.84 Å². The first-order chi connectivity index (χ1) is 8.20. The van der Waals surface area contributed by atoms with Gasteiger partial charge in [0.15, 0.2) is 0 Å². The van der Waals surface area contributed by atoms with Gasteiger partial charge in [-0.05, 0) is 34.1 Å². The summed E-state index contributed by atoms with van der Waals surface area (Å²) in [5.74, 6) is 0.103. The van der Waals surface area contributed by atoms with E-state index in [1.807, 2.05) is 18.0 Å². The Morgan fingerprint density at radius 2 is 2.11 bits per heavy atom. The van der Waals surface area contributed by atoms with Gasteiger partial charge in [0, 0.05) is 29.9 Å². The molecule has 0 saturated heterocycles. The first kappa shape index (κ1) is 15.0. The predicted molar refractivity (Wildman–Crippen MR) is 78.1 cm³/mol. The Morgan fingerprint density at radius 1 is 1.50 bits per heavy atom. The number of amidine groups is 1. The molecule has 1 rings (SSSR count). The molecule has 0 saturated carbocycles. The third kappa shape index (κ3) is 4.30. The summed E-state index contributed by atoms with van der Waals surface area (Å²) >= 11 is 3.39. The van der Waals surface area contributed by atoms with Gasteiger partial charge in [0.05, 0.1) is 11.4 Å². The van der Waals surface area contributed by atoms with Crippen molar-refractivity contribution in [3.63, 3.8) is 0 Å². The summed E-state index contributed by atoms with van der Waals surface area (Å²) in [6.07, 6.45) is 1.22. The van der Waals surface area contributed by atoms with E-state index in [1.165, 1.54) is 6.26 Å². The molecule has 0 spiro atoms. The van der Waals surface area contributed by atoms with E-state index < -0.39 is 9.84 Å². The molecule has 0 amide bonds. The van der Waals surface area contributed by atoms with Crippen LogP contribution in [0, 0.1) is 5.41 Å².